The van der Waals surface area contributed by atoms with Crippen LogP contribution in [-0.2, 0) is 17.7 Å². The fourth-order valence-electron chi connectivity index (χ4n) is 4.92. The molecule has 1 aromatic carbocycles. The molecule has 4 rings (SSSR count). The van der Waals surface area contributed by atoms with Gasteiger partial charge in [-0.05, 0) is 44.1 Å². The van der Waals surface area contributed by atoms with E-state index in [4.69, 9.17) is 10.5 Å². The Morgan fingerprint density at radius 1 is 1.17 bits per heavy atom. The number of anilines is 2. The van der Waals surface area contributed by atoms with E-state index in [1.165, 1.54) is 18.2 Å². The SMILES string of the molecule is Nc1nc(NCc2ccccc2OC(F)(F)F)nc(CC2CCC(N3CCOCC3)CC2)c1[N+](=O)[O-]. The number of nitrogens with one attached hydrogen (secondary N) is 1. The fourth-order valence-corrected chi connectivity index (χ4v) is 4.92. The normalized spacial score (nSPS) is 21.2. The van der Waals surface area contributed by atoms with E-state index < -0.39 is 11.3 Å². The van der Waals surface area contributed by atoms with Gasteiger partial charge in [0, 0.05) is 31.2 Å². The number of hydrogen-bond acceptors (Lipinski definition) is 9. The number of para-hydroxylation sites is 1. The number of aromatic nitrogens is 2. The van der Waals surface area contributed by atoms with Gasteiger partial charge in [-0.1, -0.05) is 18.2 Å². The summed E-state index contributed by atoms with van der Waals surface area (Å²) in [6.45, 7) is 3.25. The molecular formula is C23H29F3N6O4. The van der Waals surface area contributed by atoms with Gasteiger partial charge in [-0.25, -0.2) is 4.98 Å². The zero-order valence-corrected chi connectivity index (χ0v) is 19.7. The van der Waals surface area contributed by atoms with Crippen molar-refractivity contribution in [1.82, 2.24) is 14.9 Å². The summed E-state index contributed by atoms with van der Waals surface area (Å²) in [5, 5.41) is 14.5. The molecule has 0 unspecified atom stereocenters. The lowest BCUT2D eigenvalue weighted by atomic mass is 9.82. The molecule has 1 saturated heterocycles. The van der Waals surface area contributed by atoms with Crippen LogP contribution in [0, 0.1) is 16.0 Å². The highest BCUT2D eigenvalue weighted by Crippen LogP contribution is 2.34. The second-order valence-electron chi connectivity index (χ2n) is 9.02. The van der Waals surface area contributed by atoms with Crippen molar-refractivity contribution in [3.05, 3.63) is 45.6 Å². The van der Waals surface area contributed by atoms with Gasteiger partial charge < -0.3 is 20.5 Å². The molecule has 1 aromatic heterocycles. The van der Waals surface area contributed by atoms with Crippen molar-refractivity contribution in [2.45, 2.75) is 51.1 Å². The molecule has 1 saturated carbocycles. The van der Waals surface area contributed by atoms with Crippen molar-refractivity contribution in [3.63, 3.8) is 0 Å². The molecule has 196 valence electrons. The first-order chi connectivity index (χ1) is 17.2. The molecule has 2 aromatic rings. The van der Waals surface area contributed by atoms with Crippen LogP contribution >= 0.6 is 0 Å². The topological polar surface area (TPSA) is 129 Å². The molecule has 13 heteroatoms. The maximum atomic E-state index is 12.7. The van der Waals surface area contributed by atoms with Crippen molar-refractivity contribution in [3.8, 4) is 5.75 Å². The third-order valence-electron chi connectivity index (χ3n) is 6.66. The molecule has 2 aliphatic rings. The van der Waals surface area contributed by atoms with Gasteiger partial charge in [-0.15, -0.1) is 13.2 Å². The highest BCUT2D eigenvalue weighted by molar-refractivity contribution is 5.58. The van der Waals surface area contributed by atoms with Gasteiger partial charge in [0.2, 0.25) is 11.8 Å². The van der Waals surface area contributed by atoms with E-state index in [1.807, 2.05) is 0 Å². The van der Waals surface area contributed by atoms with Gasteiger partial charge in [0.05, 0.1) is 18.1 Å². The number of ether oxygens (including phenoxy) is 2. The molecule has 2 heterocycles. The molecule has 1 aliphatic carbocycles. The summed E-state index contributed by atoms with van der Waals surface area (Å²) in [4.78, 5) is 21.9. The van der Waals surface area contributed by atoms with E-state index in [0.29, 0.717) is 12.5 Å². The first-order valence-electron chi connectivity index (χ1n) is 11.9. The van der Waals surface area contributed by atoms with Crippen molar-refractivity contribution >= 4 is 17.5 Å². The second-order valence-corrected chi connectivity index (χ2v) is 9.02. The number of nitro groups is 1. The highest BCUT2D eigenvalue weighted by Gasteiger charge is 2.32. The number of nitrogens with zero attached hydrogens (tertiary/aromatic N) is 4. The lowest BCUT2D eigenvalue weighted by Gasteiger charge is -2.38. The first-order valence-corrected chi connectivity index (χ1v) is 11.9. The summed E-state index contributed by atoms with van der Waals surface area (Å²) in [6, 6.07) is 6.16. The third-order valence-corrected chi connectivity index (χ3v) is 6.66. The predicted octanol–water partition coefficient (Wildman–Crippen LogP) is 3.91. The average Bonchev–Trinajstić information content (AvgIpc) is 2.83. The summed E-state index contributed by atoms with van der Waals surface area (Å²) < 4.78 is 47.6. The Hall–Kier alpha value is -3.19. The van der Waals surface area contributed by atoms with Crippen LogP contribution in [0.4, 0.5) is 30.6 Å². The van der Waals surface area contributed by atoms with Crippen LogP contribution in [0.3, 0.4) is 0 Å². The van der Waals surface area contributed by atoms with Crippen LogP contribution in [0.2, 0.25) is 0 Å². The largest absolute Gasteiger partial charge is 0.573 e. The Bertz CT molecular complexity index is 1060. The van der Waals surface area contributed by atoms with Gasteiger partial charge in [-0.3, -0.25) is 15.0 Å². The number of nitrogen functional groups attached to an aromatic ring is 1. The zero-order valence-electron chi connectivity index (χ0n) is 19.7. The van der Waals surface area contributed by atoms with Crippen LogP contribution in [0.5, 0.6) is 5.75 Å². The van der Waals surface area contributed by atoms with E-state index in [-0.39, 0.29) is 46.9 Å². The molecule has 2 fully saturated rings. The predicted molar refractivity (Wildman–Crippen MR) is 125 cm³/mol. The zero-order chi connectivity index (χ0) is 25.7. The number of alkyl halides is 3. The smallest absolute Gasteiger partial charge is 0.405 e. The summed E-state index contributed by atoms with van der Waals surface area (Å²) in [6.07, 6.45) is -0.637. The summed E-state index contributed by atoms with van der Waals surface area (Å²) in [5.41, 5.74) is 6.03. The molecule has 0 bridgehead atoms. The lowest BCUT2D eigenvalue weighted by molar-refractivity contribution is -0.385. The van der Waals surface area contributed by atoms with E-state index in [9.17, 15) is 23.3 Å². The average molecular weight is 511 g/mol. The molecule has 0 radical (unpaired) electrons. The molecule has 10 nitrogen and oxygen atoms in total. The Balaban J connectivity index is 1.44. The number of morpholine rings is 1. The van der Waals surface area contributed by atoms with Gasteiger partial charge in [0.1, 0.15) is 11.4 Å². The third kappa shape index (κ3) is 6.72. The van der Waals surface area contributed by atoms with E-state index >= 15 is 0 Å². The molecule has 36 heavy (non-hydrogen) atoms. The van der Waals surface area contributed by atoms with Crippen LogP contribution in [0.1, 0.15) is 36.9 Å². The second kappa shape index (κ2) is 11.2. The maximum Gasteiger partial charge on any atom is 0.573 e. The molecule has 0 amide bonds. The van der Waals surface area contributed by atoms with Gasteiger partial charge >= 0.3 is 12.0 Å². The standard InChI is InChI=1S/C23H29F3N6O4/c24-23(25,26)36-19-4-2-1-3-16(19)14-28-22-29-18(20(32(33)34)21(27)30-22)13-15-5-7-17(8-6-15)31-9-11-35-12-10-31/h1-4,15,17H,5-14H2,(H3,27,28,29,30). The van der Waals surface area contributed by atoms with E-state index in [0.717, 1.165) is 52.0 Å². The maximum absolute atomic E-state index is 12.7. The Morgan fingerprint density at radius 3 is 2.53 bits per heavy atom. The van der Waals surface area contributed by atoms with Gasteiger partial charge in [0.25, 0.3) is 0 Å². The Morgan fingerprint density at radius 2 is 1.86 bits per heavy atom. The van der Waals surface area contributed by atoms with Gasteiger partial charge in [-0.2, -0.15) is 4.98 Å². The molecule has 3 N–H and O–H groups in total. The molecule has 0 spiro atoms. The molecule has 0 atom stereocenters. The summed E-state index contributed by atoms with van der Waals surface area (Å²) >= 11 is 0. The van der Waals surface area contributed by atoms with Crippen LogP contribution in [0.25, 0.3) is 0 Å². The monoisotopic (exact) mass is 510 g/mol. The Kier molecular flexibility index (Phi) is 8.09. The minimum absolute atomic E-state index is 0.0110. The van der Waals surface area contributed by atoms with Crippen molar-refractivity contribution < 1.29 is 27.6 Å². The Labute approximate surface area is 206 Å². The molecule has 1 aliphatic heterocycles. The first kappa shape index (κ1) is 25.9. The summed E-state index contributed by atoms with van der Waals surface area (Å²) in [7, 11) is 0. The summed E-state index contributed by atoms with van der Waals surface area (Å²) in [5.74, 6) is -0.417. The van der Waals surface area contributed by atoms with Crippen molar-refractivity contribution in [2.75, 3.05) is 37.4 Å². The number of rotatable bonds is 8. The lowest BCUT2D eigenvalue weighted by Crippen LogP contribution is -2.45. The number of nitrogens with two attached hydrogens (primary N) is 1. The fraction of sp³-hybridized carbons (Fsp3) is 0.565. The number of halogens is 3. The minimum Gasteiger partial charge on any atom is -0.405 e. The number of hydrogen-bond donors (Lipinski definition) is 2. The van der Waals surface area contributed by atoms with E-state index in [1.54, 1.807) is 6.07 Å². The number of benzene rings is 1. The van der Waals surface area contributed by atoms with Crippen molar-refractivity contribution in [2.24, 2.45) is 5.92 Å². The minimum atomic E-state index is -4.83. The van der Waals surface area contributed by atoms with Crippen molar-refractivity contribution in [1.29, 1.82) is 0 Å². The van der Waals surface area contributed by atoms with E-state index in [2.05, 4.69) is 24.9 Å². The van der Waals surface area contributed by atoms with Crippen LogP contribution in [0.15, 0.2) is 24.3 Å². The van der Waals surface area contributed by atoms with Gasteiger partial charge in [0.15, 0.2) is 0 Å². The van der Waals surface area contributed by atoms with Crippen LogP contribution in [-0.4, -0.2) is 58.5 Å². The highest BCUT2D eigenvalue weighted by atomic mass is 19.4. The van der Waals surface area contributed by atoms with Crippen LogP contribution < -0.4 is 15.8 Å². The molecular weight excluding hydrogens is 481 g/mol. The quantitative estimate of drug-likeness (QED) is 0.401.